The van der Waals surface area contributed by atoms with E-state index in [1.54, 1.807) is 11.8 Å². The van der Waals surface area contributed by atoms with Gasteiger partial charge in [-0.1, -0.05) is 22.9 Å². The number of aliphatic hydroxyl groups is 2. The zero-order valence-corrected chi connectivity index (χ0v) is 13.1. The van der Waals surface area contributed by atoms with Crippen molar-refractivity contribution in [1.82, 2.24) is 5.32 Å². The number of rotatable bonds is 7. The van der Waals surface area contributed by atoms with Crippen LogP contribution in [0.1, 0.15) is 25.5 Å². The van der Waals surface area contributed by atoms with E-state index in [4.69, 9.17) is 5.11 Å². The normalized spacial score (nSPS) is 14.5. The van der Waals surface area contributed by atoms with Gasteiger partial charge in [0.25, 0.3) is 0 Å². The predicted molar refractivity (Wildman–Crippen MR) is 80.1 cm³/mol. The lowest BCUT2D eigenvalue weighted by atomic mass is 10.1. The highest BCUT2D eigenvalue weighted by atomic mass is 79.9. The zero-order valence-electron chi connectivity index (χ0n) is 10.7. The van der Waals surface area contributed by atoms with Gasteiger partial charge in [-0.15, -0.1) is 11.8 Å². The molecule has 2 atom stereocenters. The summed E-state index contributed by atoms with van der Waals surface area (Å²) in [6.07, 6.45) is -0.666. The van der Waals surface area contributed by atoms with Crippen LogP contribution in [0.15, 0.2) is 27.6 Å². The van der Waals surface area contributed by atoms with Crippen molar-refractivity contribution in [3.05, 3.63) is 28.2 Å². The molecule has 0 spiro atoms. The Kier molecular flexibility index (Phi) is 7.26. The van der Waals surface area contributed by atoms with E-state index in [2.05, 4.69) is 41.2 Å². The van der Waals surface area contributed by atoms with Gasteiger partial charge in [0.15, 0.2) is 0 Å². The number of nitrogens with one attached hydrogen (secondary N) is 1. The fourth-order valence-electron chi connectivity index (χ4n) is 1.64. The Balaban J connectivity index is 2.82. The molecule has 3 nitrogen and oxygen atoms in total. The molecule has 0 radical (unpaired) electrons. The van der Waals surface area contributed by atoms with Gasteiger partial charge in [0, 0.05) is 21.2 Å². The van der Waals surface area contributed by atoms with E-state index in [1.165, 1.54) is 5.56 Å². The molecular weight excluding hydrogens is 314 g/mol. The molecule has 0 aromatic heterocycles. The topological polar surface area (TPSA) is 52.5 Å². The van der Waals surface area contributed by atoms with Crippen molar-refractivity contribution in [2.24, 2.45) is 0 Å². The average molecular weight is 334 g/mol. The monoisotopic (exact) mass is 333 g/mol. The summed E-state index contributed by atoms with van der Waals surface area (Å²) in [6.45, 7) is 4.92. The van der Waals surface area contributed by atoms with Gasteiger partial charge in [0.1, 0.15) is 0 Å². The van der Waals surface area contributed by atoms with E-state index in [0.29, 0.717) is 5.75 Å². The summed E-state index contributed by atoms with van der Waals surface area (Å²) < 4.78 is 1.05. The molecule has 5 heteroatoms. The van der Waals surface area contributed by atoms with Crippen LogP contribution in [-0.2, 0) is 0 Å². The number of hydrogen-bond donors (Lipinski definition) is 3. The molecule has 0 aliphatic heterocycles. The molecule has 1 rings (SSSR count). The summed E-state index contributed by atoms with van der Waals surface area (Å²) in [6, 6.07) is 6.40. The second-order valence-electron chi connectivity index (χ2n) is 4.11. The second kappa shape index (κ2) is 8.17. The van der Waals surface area contributed by atoms with Crippen LogP contribution < -0.4 is 5.32 Å². The maximum atomic E-state index is 9.41. The Hall–Kier alpha value is -0.0700. The molecule has 0 aliphatic carbocycles. The predicted octanol–water partition coefficient (Wildman–Crippen LogP) is 2.56. The first-order valence-corrected chi connectivity index (χ1v) is 7.80. The fourth-order valence-corrected chi connectivity index (χ4v) is 3.07. The summed E-state index contributed by atoms with van der Waals surface area (Å²) in [4.78, 5) is 1.14. The lowest BCUT2D eigenvalue weighted by Gasteiger charge is -2.18. The fraction of sp³-hybridized carbons (Fsp3) is 0.538. The van der Waals surface area contributed by atoms with Crippen molar-refractivity contribution in [2.45, 2.75) is 30.9 Å². The standard InChI is InChI=1S/C13H20BrNO2S/c1-3-15-9(2)12-6-10(14)4-5-13(12)18-8-11(17)7-16/h4-6,9,11,15-17H,3,7-8H2,1-2H3. The average Bonchev–Trinajstić information content (AvgIpc) is 2.37. The molecule has 1 aromatic rings. The van der Waals surface area contributed by atoms with E-state index in [0.717, 1.165) is 15.9 Å². The molecule has 3 N–H and O–H groups in total. The smallest absolute Gasteiger partial charge is 0.0864 e. The van der Waals surface area contributed by atoms with Crippen molar-refractivity contribution in [3.8, 4) is 0 Å². The van der Waals surface area contributed by atoms with Crippen LogP contribution >= 0.6 is 27.7 Å². The van der Waals surface area contributed by atoms with Gasteiger partial charge in [0.05, 0.1) is 12.7 Å². The third kappa shape index (κ3) is 4.90. The number of thioether (sulfide) groups is 1. The molecule has 18 heavy (non-hydrogen) atoms. The van der Waals surface area contributed by atoms with Crippen molar-refractivity contribution >= 4 is 27.7 Å². The van der Waals surface area contributed by atoms with E-state index < -0.39 is 6.10 Å². The van der Waals surface area contributed by atoms with Crippen molar-refractivity contribution in [3.63, 3.8) is 0 Å². The summed E-state index contributed by atoms with van der Waals surface area (Å²) >= 11 is 5.05. The molecule has 1 aromatic carbocycles. The molecule has 0 heterocycles. The number of benzene rings is 1. The molecule has 0 aliphatic rings. The molecular formula is C13H20BrNO2S. The largest absolute Gasteiger partial charge is 0.394 e. The zero-order chi connectivity index (χ0) is 13.5. The number of halogens is 1. The third-order valence-electron chi connectivity index (χ3n) is 2.59. The number of hydrogen-bond acceptors (Lipinski definition) is 4. The lowest BCUT2D eigenvalue weighted by molar-refractivity contribution is 0.113. The SMILES string of the molecule is CCNC(C)c1cc(Br)ccc1SCC(O)CO. The summed E-state index contributed by atoms with van der Waals surface area (Å²) in [5.41, 5.74) is 1.21. The van der Waals surface area contributed by atoms with Crippen LogP contribution in [-0.4, -0.2) is 35.2 Å². The Morgan fingerprint density at radius 3 is 2.78 bits per heavy atom. The first-order valence-electron chi connectivity index (χ1n) is 6.03. The van der Waals surface area contributed by atoms with Gasteiger partial charge in [0.2, 0.25) is 0 Å². The molecule has 0 fully saturated rings. The highest BCUT2D eigenvalue weighted by Crippen LogP contribution is 2.30. The van der Waals surface area contributed by atoms with Gasteiger partial charge in [-0.05, 0) is 37.2 Å². The molecule has 2 unspecified atom stereocenters. The maximum absolute atomic E-state index is 9.41. The molecule has 0 amide bonds. The summed E-state index contributed by atoms with van der Waals surface area (Å²) in [7, 11) is 0. The minimum atomic E-state index is -0.666. The Morgan fingerprint density at radius 2 is 2.17 bits per heavy atom. The van der Waals surface area contributed by atoms with Crippen LogP contribution in [0.2, 0.25) is 0 Å². The Bertz CT molecular complexity index is 376. The molecule has 0 saturated heterocycles. The van der Waals surface area contributed by atoms with Gasteiger partial charge in [-0.3, -0.25) is 0 Å². The van der Waals surface area contributed by atoms with Crippen molar-refractivity contribution in [2.75, 3.05) is 18.9 Å². The minimum absolute atomic E-state index is 0.193. The maximum Gasteiger partial charge on any atom is 0.0864 e. The first kappa shape index (κ1) is 16.0. The highest BCUT2D eigenvalue weighted by Gasteiger charge is 2.12. The van der Waals surface area contributed by atoms with E-state index in [-0.39, 0.29) is 12.6 Å². The second-order valence-corrected chi connectivity index (χ2v) is 6.09. The van der Waals surface area contributed by atoms with Crippen LogP contribution in [0.3, 0.4) is 0 Å². The van der Waals surface area contributed by atoms with E-state index in [1.807, 2.05) is 12.1 Å². The molecule has 102 valence electrons. The van der Waals surface area contributed by atoms with Crippen molar-refractivity contribution in [1.29, 1.82) is 0 Å². The Labute approximate surface area is 121 Å². The quantitative estimate of drug-likeness (QED) is 0.671. The molecule has 0 bridgehead atoms. The van der Waals surface area contributed by atoms with Crippen molar-refractivity contribution < 1.29 is 10.2 Å². The highest BCUT2D eigenvalue weighted by molar-refractivity contribution is 9.10. The van der Waals surface area contributed by atoms with Gasteiger partial charge in [-0.2, -0.15) is 0 Å². The third-order valence-corrected chi connectivity index (χ3v) is 4.32. The van der Waals surface area contributed by atoms with Crippen LogP contribution in [0.4, 0.5) is 0 Å². The summed E-state index contributed by atoms with van der Waals surface area (Å²) in [5, 5.41) is 21.6. The van der Waals surface area contributed by atoms with Gasteiger partial charge in [-0.25, -0.2) is 0 Å². The van der Waals surface area contributed by atoms with Gasteiger partial charge >= 0.3 is 0 Å². The molecule has 0 saturated carbocycles. The van der Waals surface area contributed by atoms with Crippen LogP contribution in [0.25, 0.3) is 0 Å². The van der Waals surface area contributed by atoms with Crippen LogP contribution in [0.5, 0.6) is 0 Å². The summed E-state index contributed by atoms with van der Waals surface area (Å²) in [5.74, 6) is 0.504. The minimum Gasteiger partial charge on any atom is -0.394 e. The Morgan fingerprint density at radius 1 is 1.44 bits per heavy atom. The lowest BCUT2D eigenvalue weighted by Crippen LogP contribution is -2.19. The van der Waals surface area contributed by atoms with Gasteiger partial charge < -0.3 is 15.5 Å². The van der Waals surface area contributed by atoms with Crippen LogP contribution in [0, 0.1) is 0 Å². The number of aliphatic hydroxyl groups excluding tert-OH is 2. The van der Waals surface area contributed by atoms with E-state index in [9.17, 15) is 5.11 Å². The van der Waals surface area contributed by atoms with E-state index >= 15 is 0 Å². The first-order chi connectivity index (χ1) is 8.58.